The van der Waals surface area contributed by atoms with Crippen LogP contribution in [0.1, 0.15) is 32.6 Å². The molecule has 0 aliphatic heterocycles. The van der Waals surface area contributed by atoms with Crippen molar-refractivity contribution in [3.63, 3.8) is 0 Å². The molecule has 0 aromatic rings. The van der Waals surface area contributed by atoms with Crippen molar-refractivity contribution in [1.29, 1.82) is 0 Å². The van der Waals surface area contributed by atoms with Crippen molar-refractivity contribution in [3.8, 4) is 0 Å². The van der Waals surface area contributed by atoms with Gasteiger partial charge in [0.2, 0.25) is 0 Å². The Balaban J connectivity index is 1.74. The lowest BCUT2D eigenvalue weighted by molar-refractivity contribution is -0.138. The Hall–Kier alpha value is -2.34. The average Bonchev–Trinajstić information content (AvgIpc) is 3.36. The van der Waals surface area contributed by atoms with E-state index in [-0.39, 0.29) is 19.1 Å². The summed E-state index contributed by atoms with van der Waals surface area (Å²) in [6.07, 6.45) is 12.5. The number of hydrogen-bond acceptors (Lipinski definition) is 5. The van der Waals surface area contributed by atoms with Crippen LogP contribution in [0.15, 0.2) is 49.6 Å². The average molecular weight is 431 g/mol. The van der Waals surface area contributed by atoms with Crippen molar-refractivity contribution in [2.24, 2.45) is 41.2 Å². The summed E-state index contributed by atoms with van der Waals surface area (Å²) in [5, 5.41) is 2.60. The summed E-state index contributed by atoms with van der Waals surface area (Å²) in [5.41, 5.74) is 6.29. The summed E-state index contributed by atoms with van der Waals surface area (Å²) in [4.78, 5) is 23.2. The highest BCUT2D eigenvalue weighted by Gasteiger charge is 2.33. The van der Waals surface area contributed by atoms with Gasteiger partial charge in [0.15, 0.2) is 0 Å². The molecular weight excluding hydrogens is 392 g/mol. The highest BCUT2D eigenvalue weighted by atomic mass is 16.6. The van der Waals surface area contributed by atoms with Gasteiger partial charge in [-0.2, -0.15) is 0 Å². The molecule has 6 heteroatoms. The Labute approximate surface area is 186 Å². The number of carbonyl (C=O) groups excluding carboxylic acids is 2. The molecule has 3 N–H and O–H groups in total. The van der Waals surface area contributed by atoms with Crippen LogP contribution in [0, 0.1) is 35.5 Å². The monoisotopic (exact) mass is 430 g/mol. The summed E-state index contributed by atoms with van der Waals surface area (Å²) in [5.74, 6) is 2.20. The van der Waals surface area contributed by atoms with Crippen LogP contribution < -0.4 is 11.1 Å². The van der Waals surface area contributed by atoms with Crippen LogP contribution >= 0.6 is 0 Å². The normalized spacial score (nSPS) is 30.1. The summed E-state index contributed by atoms with van der Waals surface area (Å²) < 4.78 is 10.3. The molecule has 172 valence electrons. The predicted molar refractivity (Wildman–Crippen MR) is 123 cm³/mol. The molecule has 0 radical (unpaired) electrons. The van der Waals surface area contributed by atoms with Crippen LogP contribution in [0.2, 0.25) is 0 Å². The first kappa shape index (κ1) is 24.9. The number of nitrogens with two attached hydrogens (primary N) is 1. The fraction of sp³-hybridized carbons (Fsp3) is 0.600. The lowest BCUT2D eigenvalue weighted by atomic mass is 9.93. The first-order chi connectivity index (χ1) is 14.9. The molecule has 6 atom stereocenters. The van der Waals surface area contributed by atoms with E-state index >= 15 is 0 Å². The summed E-state index contributed by atoms with van der Waals surface area (Å²) >= 11 is 0. The van der Waals surface area contributed by atoms with Gasteiger partial charge in [-0.3, -0.25) is 0 Å². The van der Waals surface area contributed by atoms with Crippen LogP contribution in [0.25, 0.3) is 0 Å². The molecular formula is C25H38N2O4. The Kier molecular flexibility index (Phi) is 10.0. The Morgan fingerprint density at radius 3 is 2.35 bits per heavy atom. The van der Waals surface area contributed by atoms with E-state index < -0.39 is 12.1 Å². The van der Waals surface area contributed by atoms with Crippen molar-refractivity contribution in [3.05, 3.63) is 49.6 Å². The van der Waals surface area contributed by atoms with Gasteiger partial charge in [-0.15, -0.1) is 13.2 Å². The van der Waals surface area contributed by atoms with Crippen molar-refractivity contribution in [2.45, 2.75) is 32.6 Å². The number of nitrogens with one attached hydrogen (secondary N) is 1. The summed E-state index contributed by atoms with van der Waals surface area (Å²) in [6.45, 7) is 14.3. The molecule has 0 aromatic heterocycles. The van der Waals surface area contributed by atoms with E-state index in [2.05, 4.69) is 43.3 Å². The van der Waals surface area contributed by atoms with Gasteiger partial charge < -0.3 is 20.5 Å². The quantitative estimate of drug-likeness (QED) is 0.224. The zero-order chi connectivity index (χ0) is 22.8. The Morgan fingerprint density at radius 2 is 1.71 bits per heavy atom. The number of allylic oxidation sites excluding steroid dienone is 4. The molecule has 2 saturated carbocycles. The third-order valence-corrected chi connectivity index (χ3v) is 6.52. The maximum absolute atomic E-state index is 11.9. The zero-order valence-electron chi connectivity index (χ0n) is 18.8. The van der Waals surface area contributed by atoms with Gasteiger partial charge in [0.25, 0.3) is 0 Å². The van der Waals surface area contributed by atoms with Crippen molar-refractivity contribution in [2.75, 3.05) is 26.3 Å². The van der Waals surface area contributed by atoms with Crippen molar-refractivity contribution >= 4 is 12.1 Å². The SMILES string of the molecule is C=CC1CC(C=CC2CC(C=C)C(COC(=O)NCCOC(=O)C(=C)C)C2)C(CN)C1. The summed E-state index contributed by atoms with van der Waals surface area (Å²) in [6, 6.07) is 0. The van der Waals surface area contributed by atoms with Gasteiger partial charge in [-0.1, -0.05) is 30.9 Å². The van der Waals surface area contributed by atoms with Crippen LogP contribution in [0.4, 0.5) is 4.79 Å². The minimum atomic E-state index is -0.500. The first-order valence-corrected chi connectivity index (χ1v) is 11.2. The molecule has 2 aliphatic rings. The molecule has 2 aliphatic carbocycles. The van der Waals surface area contributed by atoms with E-state index in [1.165, 1.54) is 0 Å². The lowest BCUT2D eigenvalue weighted by Crippen LogP contribution is -2.30. The van der Waals surface area contributed by atoms with Crippen LogP contribution in [0.3, 0.4) is 0 Å². The fourth-order valence-electron chi connectivity index (χ4n) is 4.69. The first-order valence-electron chi connectivity index (χ1n) is 11.2. The maximum Gasteiger partial charge on any atom is 0.407 e. The molecule has 0 spiro atoms. The highest BCUT2D eigenvalue weighted by Crippen LogP contribution is 2.41. The van der Waals surface area contributed by atoms with Crippen molar-refractivity contribution in [1.82, 2.24) is 5.32 Å². The van der Waals surface area contributed by atoms with Gasteiger partial charge in [-0.05, 0) is 68.7 Å². The molecule has 0 saturated heterocycles. The molecule has 6 unspecified atom stereocenters. The third-order valence-electron chi connectivity index (χ3n) is 6.52. The van der Waals surface area contributed by atoms with Crippen LogP contribution in [0.5, 0.6) is 0 Å². The minimum Gasteiger partial charge on any atom is -0.460 e. The topological polar surface area (TPSA) is 90.6 Å². The lowest BCUT2D eigenvalue weighted by Gasteiger charge is -2.16. The fourth-order valence-corrected chi connectivity index (χ4v) is 4.69. The molecule has 2 fully saturated rings. The number of alkyl carbamates (subject to hydrolysis) is 1. The molecule has 6 nitrogen and oxygen atoms in total. The second-order valence-electron chi connectivity index (χ2n) is 8.84. The minimum absolute atomic E-state index is 0.0873. The van der Waals surface area contributed by atoms with E-state index in [1.54, 1.807) is 6.92 Å². The Bertz CT molecular complexity index is 687. The number of ether oxygens (including phenoxy) is 2. The van der Waals surface area contributed by atoms with Gasteiger partial charge in [0.1, 0.15) is 6.61 Å². The van der Waals surface area contributed by atoms with Gasteiger partial charge in [0, 0.05) is 11.5 Å². The Morgan fingerprint density at radius 1 is 1.00 bits per heavy atom. The molecule has 0 aromatic carbocycles. The maximum atomic E-state index is 11.9. The van der Waals surface area contributed by atoms with E-state index in [0.29, 0.717) is 41.8 Å². The third kappa shape index (κ3) is 7.69. The van der Waals surface area contributed by atoms with Gasteiger partial charge >= 0.3 is 12.1 Å². The number of rotatable bonds is 11. The smallest absolute Gasteiger partial charge is 0.407 e. The largest absolute Gasteiger partial charge is 0.460 e. The molecule has 0 bridgehead atoms. The molecule has 0 heterocycles. The molecule has 31 heavy (non-hydrogen) atoms. The van der Waals surface area contributed by atoms with E-state index in [1.807, 2.05) is 6.08 Å². The number of esters is 1. The number of amides is 1. The second kappa shape index (κ2) is 12.5. The highest BCUT2D eigenvalue weighted by molar-refractivity contribution is 5.86. The van der Waals surface area contributed by atoms with Crippen molar-refractivity contribution < 1.29 is 19.1 Å². The predicted octanol–water partition coefficient (Wildman–Crippen LogP) is 4.00. The standard InChI is InChI=1S/C25H38N2O4/c1-5-18-11-21(22(12-18)15-26)8-7-19-13-20(6-2)23(14-19)16-31-25(29)27-9-10-30-24(28)17(3)4/h5-8,18-23H,1-3,9-16,26H2,4H3,(H,27,29). The second-order valence-corrected chi connectivity index (χ2v) is 8.84. The summed E-state index contributed by atoms with van der Waals surface area (Å²) in [7, 11) is 0. The van der Waals surface area contributed by atoms with E-state index in [0.717, 1.165) is 32.2 Å². The molecule has 2 rings (SSSR count). The van der Waals surface area contributed by atoms with Gasteiger partial charge in [-0.25, -0.2) is 9.59 Å². The van der Waals surface area contributed by atoms with Crippen LogP contribution in [-0.4, -0.2) is 38.4 Å². The van der Waals surface area contributed by atoms with E-state index in [9.17, 15) is 9.59 Å². The van der Waals surface area contributed by atoms with Gasteiger partial charge in [0.05, 0.1) is 13.2 Å². The number of hydrogen-bond donors (Lipinski definition) is 2. The molecule has 1 amide bonds. The van der Waals surface area contributed by atoms with E-state index in [4.69, 9.17) is 15.2 Å². The van der Waals surface area contributed by atoms with Crippen LogP contribution in [-0.2, 0) is 14.3 Å². The number of carbonyl (C=O) groups is 2. The zero-order valence-corrected chi connectivity index (χ0v) is 18.8.